The minimum atomic E-state index is -0.308. The normalized spacial score (nSPS) is 23.6. The Hall–Kier alpha value is -5.77. The van der Waals surface area contributed by atoms with Gasteiger partial charge in [0.1, 0.15) is 0 Å². The van der Waals surface area contributed by atoms with Gasteiger partial charge < -0.3 is 11.1 Å². The first kappa shape index (κ1) is 59.4. The van der Waals surface area contributed by atoms with Crippen molar-refractivity contribution in [3.63, 3.8) is 0 Å². The third-order valence-corrected chi connectivity index (χ3v) is 14.0. The number of hydrogen-bond acceptors (Lipinski definition) is 3. The van der Waals surface area contributed by atoms with Gasteiger partial charge in [-0.2, -0.15) is 0 Å². The van der Waals surface area contributed by atoms with Crippen LogP contribution in [0.5, 0.6) is 0 Å². The second-order valence-corrected chi connectivity index (χ2v) is 18.5. The summed E-state index contributed by atoms with van der Waals surface area (Å²) in [6.45, 7) is 34.0. The summed E-state index contributed by atoms with van der Waals surface area (Å²) in [5, 5.41) is 3.03. The van der Waals surface area contributed by atoms with Gasteiger partial charge in [0, 0.05) is 28.8 Å². The molecule has 5 atom stereocenters. The molecule has 0 fully saturated rings. The Morgan fingerprint density at radius 2 is 1.59 bits per heavy atom. The predicted octanol–water partition coefficient (Wildman–Crippen LogP) is 18.8. The summed E-state index contributed by atoms with van der Waals surface area (Å²) in [5.74, 6) is 1.39. The van der Waals surface area contributed by atoms with Crippen LogP contribution in [0.1, 0.15) is 129 Å². The van der Waals surface area contributed by atoms with E-state index in [1.807, 2.05) is 70.8 Å². The van der Waals surface area contributed by atoms with Crippen molar-refractivity contribution in [1.82, 2.24) is 5.32 Å². The molecular formula is C66H88N2S. The number of hydrogen-bond donors (Lipinski definition) is 2. The minimum Gasteiger partial charge on any atom is -0.399 e. The zero-order chi connectivity index (χ0) is 51.4. The lowest BCUT2D eigenvalue weighted by Crippen LogP contribution is -2.40. The molecular weight excluding hydrogens is 853 g/mol. The number of rotatable bonds is 12. The lowest BCUT2D eigenvalue weighted by atomic mass is 9.58. The molecule has 0 bridgehead atoms. The Kier molecular flexibility index (Phi) is 27.6. The fourth-order valence-electron chi connectivity index (χ4n) is 9.12. The Balaban J connectivity index is 0.000000539. The Labute approximate surface area is 426 Å². The van der Waals surface area contributed by atoms with Gasteiger partial charge in [-0.3, -0.25) is 0 Å². The van der Waals surface area contributed by atoms with E-state index < -0.39 is 0 Å². The van der Waals surface area contributed by atoms with E-state index in [0.717, 1.165) is 30.7 Å². The Morgan fingerprint density at radius 3 is 2.20 bits per heavy atom. The SMILES string of the molecule is C/C=C\C(=C/C)NC.C=C/C1=C(\C=C/c2cccc(C)c2)C/C=C\C(N)=C/CC12c1ccccc1C(C)/C=C(/c1ccccc1SC)CC(C)C2C.C=C/C=C\C(=C/C)C(C)/C=C\C(C)=C/C.CC. The molecule has 3 aromatic carbocycles. The van der Waals surface area contributed by atoms with E-state index in [0.29, 0.717) is 17.8 Å². The maximum absolute atomic E-state index is 6.64. The quantitative estimate of drug-likeness (QED) is 0.140. The smallest absolute Gasteiger partial charge is 0.0290 e. The summed E-state index contributed by atoms with van der Waals surface area (Å²) in [6.07, 6.45) is 41.2. The second-order valence-electron chi connectivity index (χ2n) is 17.7. The summed E-state index contributed by atoms with van der Waals surface area (Å²) in [6, 6.07) is 26.7. The fourth-order valence-corrected chi connectivity index (χ4v) is 9.76. The average Bonchev–Trinajstić information content (AvgIpc) is 3.46. The van der Waals surface area contributed by atoms with Gasteiger partial charge >= 0.3 is 0 Å². The van der Waals surface area contributed by atoms with Crippen molar-refractivity contribution < 1.29 is 0 Å². The first-order valence-corrected chi connectivity index (χ1v) is 26.4. The highest BCUT2D eigenvalue weighted by Gasteiger charge is 2.45. The third-order valence-electron chi connectivity index (χ3n) is 13.2. The van der Waals surface area contributed by atoms with Crippen LogP contribution in [0.15, 0.2) is 222 Å². The van der Waals surface area contributed by atoms with Crippen molar-refractivity contribution in [2.24, 2.45) is 23.5 Å². The first-order chi connectivity index (χ1) is 33.3. The van der Waals surface area contributed by atoms with Crippen molar-refractivity contribution >= 4 is 23.4 Å². The number of aryl methyl sites for hydroxylation is 1. The van der Waals surface area contributed by atoms with Crippen molar-refractivity contribution in [2.75, 3.05) is 13.3 Å². The number of thioether (sulfide) groups is 1. The fraction of sp³-hybridized carbons (Fsp3) is 0.333. The molecule has 0 aromatic heterocycles. The maximum Gasteiger partial charge on any atom is 0.0290 e. The van der Waals surface area contributed by atoms with E-state index in [2.05, 4.69) is 226 Å². The van der Waals surface area contributed by atoms with Gasteiger partial charge in [-0.15, -0.1) is 11.8 Å². The van der Waals surface area contributed by atoms with Crippen molar-refractivity contribution in [1.29, 1.82) is 0 Å². The second kappa shape index (κ2) is 32.1. The minimum absolute atomic E-state index is 0.245. The van der Waals surface area contributed by atoms with Gasteiger partial charge in [0.2, 0.25) is 0 Å². The largest absolute Gasteiger partial charge is 0.399 e. The molecule has 69 heavy (non-hydrogen) atoms. The molecule has 3 heteroatoms. The van der Waals surface area contributed by atoms with Crippen LogP contribution in [0.4, 0.5) is 0 Å². The molecule has 0 saturated heterocycles. The highest BCUT2D eigenvalue weighted by atomic mass is 32.2. The summed E-state index contributed by atoms with van der Waals surface area (Å²) in [4.78, 5) is 1.34. The molecule has 0 saturated carbocycles. The topological polar surface area (TPSA) is 38.0 Å². The van der Waals surface area contributed by atoms with Crippen LogP contribution < -0.4 is 11.1 Å². The van der Waals surface area contributed by atoms with Crippen molar-refractivity contribution in [3.05, 3.63) is 245 Å². The van der Waals surface area contributed by atoms with E-state index in [1.165, 1.54) is 60.6 Å². The van der Waals surface area contributed by atoms with Crippen molar-refractivity contribution in [2.45, 2.75) is 119 Å². The van der Waals surface area contributed by atoms with Gasteiger partial charge in [0.15, 0.2) is 0 Å². The van der Waals surface area contributed by atoms with Gasteiger partial charge in [-0.25, -0.2) is 0 Å². The molecule has 2 nitrogen and oxygen atoms in total. The molecule has 0 radical (unpaired) electrons. The Bertz CT molecular complexity index is 2430. The number of benzene rings is 3. The molecule has 1 spiro atoms. The number of nitrogens with two attached hydrogens (primary N) is 1. The third kappa shape index (κ3) is 17.6. The molecule has 5 rings (SSSR count). The summed E-state index contributed by atoms with van der Waals surface area (Å²) >= 11 is 1.84. The van der Waals surface area contributed by atoms with E-state index in [9.17, 15) is 0 Å². The van der Waals surface area contributed by atoms with Crippen LogP contribution in [-0.4, -0.2) is 13.3 Å². The zero-order valence-corrected chi connectivity index (χ0v) is 45.9. The molecule has 2 aliphatic carbocycles. The van der Waals surface area contributed by atoms with Gasteiger partial charge in [0.05, 0.1) is 0 Å². The lowest BCUT2D eigenvalue weighted by Gasteiger charge is -2.45. The first-order valence-electron chi connectivity index (χ1n) is 25.2. The van der Waals surface area contributed by atoms with Crippen LogP contribution in [0.3, 0.4) is 0 Å². The molecule has 3 aromatic rings. The zero-order valence-electron chi connectivity index (χ0n) is 45.1. The van der Waals surface area contributed by atoms with E-state index in [-0.39, 0.29) is 11.3 Å². The van der Waals surface area contributed by atoms with Gasteiger partial charge in [-0.1, -0.05) is 224 Å². The number of nitrogens with one attached hydrogen (secondary N) is 1. The van der Waals surface area contributed by atoms with Crippen molar-refractivity contribution in [3.8, 4) is 0 Å². The molecule has 0 amide bonds. The average molecular weight is 942 g/mol. The van der Waals surface area contributed by atoms with E-state index in [4.69, 9.17) is 5.73 Å². The number of fused-ring (bicyclic) bond motifs is 2. The van der Waals surface area contributed by atoms with Crippen LogP contribution in [0.25, 0.3) is 11.6 Å². The maximum atomic E-state index is 6.64. The molecule has 0 aliphatic heterocycles. The van der Waals surface area contributed by atoms with Crippen LogP contribution in [0, 0.1) is 24.7 Å². The van der Waals surface area contributed by atoms with Gasteiger partial charge in [0.25, 0.3) is 0 Å². The Morgan fingerprint density at radius 1 is 0.884 bits per heavy atom. The highest BCUT2D eigenvalue weighted by Crippen LogP contribution is 2.53. The van der Waals surface area contributed by atoms with Gasteiger partial charge in [-0.05, 0) is 153 Å². The molecule has 5 unspecified atom stereocenters. The van der Waals surface area contributed by atoms with E-state index in [1.54, 1.807) is 6.08 Å². The van der Waals surface area contributed by atoms with Crippen LogP contribution in [0.2, 0.25) is 0 Å². The highest BCUT2D eigenvalue weighted by molar-refractivity contribution is 7.98. The van der Waals surface area contributed by atoms with Crippen LogP contribution in [-0.2, 0) is 5.41 Å². The predicted molar refractivity (Wildman–Crippen MR) is 314 cm³/mol. The molecule has 0 heterocycles. The molecule has 368 valence electrons. The lowest BCUT2D eigenvalue weighted by molar-refractivity contribution is 0.252. The monoisotopic (exact) mass is 941 g/mol. The summed E-state index contributed by atoms with van der Waals surface area (Å²) in [5.41, 5.74) is 21.6. The molecule has 3 N–H and O–H groups in total. The van der Waals surface area contributed by atoms with Crippen LogP contribution >= 0.6 is 11.8 Å². The number of allylic oxidation sites excluding steroid dienone is 21. The molecule has 2 aliphatic rings. The summed E-state index contributed by atoms with van der Waals surface area (Å²) in [7, 11) is 1.91. The summed E-state index contributed by atoms with van der Waals surface area (Å²) < 4.78 is 0. The standard InChI is InChI=1S/C42H47NS.C15H22.C7H13N.C2H6/c1-7-39-34(23-22-33-15-12-14-29(2)26-33)16-13-17-36(43)24-25-42(39)32(5)30(3)27-35(38-19-9-11-21-41(38)44-6)28-31(4)37-18-8-10-20-40(37)42;1-6-9-10-15(8-3)14(5)12-11-13(4)7-2;1-4-6-7(5-2)8-3;1-2/h7-15,17-24,26,28,30-32H,1,16,25,27,43H2,2-6H3;6-12,14H,1H2,2-5H3;4-6,8H,1-3H3;1-2H3/b17-13-,23-22-,35-28+,36-24+,39-34+;10-9-,12-11-,13-7-,15-8+;6-4-,7-5+;. The van der Waals surface area contributed by atoms with E-state index >= 15 is 0 Å². The number of likely N-dealkylation sites (N-methyl/N-ethyl adjacent to an activating group) is 1.